The van der Waals surface area contributed by atoms with E-state index in [1.165, 1.54) is 6.08 Å². The van der Waals surface area contributed by atoms with Gasteiger partial charge < -0.3 is 24.1 Å². The topological polar surface area (TPSA) is 77.5 Å². The van der Waals surface area contributed by atoms with Crippen LogP contribution in [0.25, 0.3) is 6.08 Å². The lowest BCUT2D eigenvalue weighted by atomic mass is 9.94. The molecule has 1 N–H and O–H groups in total. The highest BCUT2D eigenvalue weighted by Gasteiger charge is 2.43. The summed E-state index contributed by atoms with van der Waals surface area (Å²) in [4.78, 5) is 16.2. The van der Waals surface area contributed by atoms with Crippen molar-refractivity contribution in [3.63, 3.8) is 0 Å². The second-order valence-corrected chi connectivity index (χ2v) is 14.4. The zero-order chi connectivity index (χ0) is 38.9. The number of aliphatic hydroxyl groups is 1. The molecular weight excluding hydrogens is 687 g/mol. The maximum Gasteiger partial charge on any atom is 0.411 e. The fourth-order valence-electron chi connectivity index (χ4n) is 6.14. The van der Waals surface area contributed by atoms with Crippen molar-refractivity contribution in [2.75, 3.05) is 0 Å². The molecule has 5 aromatic rings. The SMILES string of the molecule is C=C[C@@H](O)[C@@H](OCc1ccccc1)[C@H](OCc1ccccc1)[C@H](OCc1ccccc1)[C@@H](/C=C/c1ccccc1)N(Cc1ccccc1)C(=O)OC(C)(C)C. The summed E-state index contributed by atoms with van der Waals surface area (Å²) >= 11 is 0. The number of aliphatic hydroxyl groups excluding tert-OH is 1. The molecule has 0 radical (unpaired) electrons. The summed E-state index contributed by atoms with van der Waals surface area (Å²) in [6, 6.07) is 48.3. The van der Waals surface area contributed by atoms with E-state index in [-0.39, 0.29) is 26.4 Å². The third kappa shape index (κ3) is 13.2. The Bertz CT molecular complexity index is 1860. The normalized spacial score (nSPS) is 14.4. The minimum atomic E-state index is -1.16. The van der Waals surface area contributed by atoms with Crippen molar-refractivity contribution in [1.29, 1.82) is 0 Å². The number of amides is 1. The number of ether oxygens (including phenoxy) is 4. The zero-order valence-electron chi connectivity index (χ0n) is 32.0. The lowest BCUT2D eigenvalue weighted by Gasteiger charge is -2.42. The molecule has 55 heavy (non-hydrogen) atoms. The number of rotatable bonds is 19. The summed E-state index contributed by atoms with van der Waals surface area (Å²) < 4.78 is 26.7. The van der Waals surface area contributed by atoms with Crippen LogP contribution in [0.15, 0.2) is 170 Å². The van der Waals surface area contributed by atoms with Crippen molar-refractivity contribution in [3.8, 4) is 0 Å². The standard InChI is InChI=1S/C48H53NO6/c1-5-43(50)45(53-35-40-27-17-9-18-28-40)46(54-36-41-29-19-10-20-30-41)44(52-34-39-25-15-8-16-26-39)42(32-31-37-21-11-6-12-22-37)49(47(51)55-48(2,3)4)33-38-23-13-7-14-24-38/h5-32,42-46,50H,1,33-36H2,2-4H3/b32-31+/t42-,43-,44-,45-,46-/m1/s1. The molecule has 0 aliphatic carbocycles. The number of hydrogen-bond acceptors (Lipinski definition) is 6. The van der Waals surface area contributed by atoms with Gasteiger partial charge in [0.15, 0.2) is 0 Å². The fourth-order valence-corrected chi connectivity index (χ4v) is 6.14. The highest BCUT2D eigenvalue weighted by Crippen LogP contribution is 2.29. The molecule has 7 heteroatoms. The lowest BCUT2D eigenvalue weighted by Crippen LogP contribution is -2.57. The molecule has 0 unspecified atom stereocenters. The zero-order valence-corrected chi connectivity index (χ0v) is 32.0. The van der Waals surface area contributed by atoms with Gasteiger partial charge in [-0.05, 0) is 48.6 Å². The molecule has 0 bridgehead atoms. The largest absolute Gasteiger partial charge is 0.444 e. The number of hydrogen-bond donors (Lipinski definition) is 1. The van der Waals surface area contributed by atoms with E-state index in [4.69, 9.17) is 18.9 Å². The van der Waals surface area contributed by atoms with Gasteiger partial charge in [0, 0.05) is 6.54 Å². The molecule has 0 fully saturated rings. The first-order chi connectivity index (χ1) is 26.7. The van der Waals surface area contributed by atoms with E-state index in [1.807, 2.05) is 185 Å². The number of carbonyl (C=O) groups excluding carboxylic acids is 1. The lowest BCUT2D eigenvalue weighted by molar-refractivity contribution is -0.182. The highest BCUT2D eigenvalue weighted by molar-refractivity contribution is 5.69. The predicted octanol–water partition coefficient (Wildman–Crippen LogP) is 9.81. The van der Waals surface area contributed by atoms with E-state index in [1.54, 1.807) is 4.90 Å². The third-order valence-electron chi connectivity index (χ3n) is 8.89. The molecule has 7 nitrogen and oxygen atoms in total. The maximum atomic E-state index is 14.5. The van der Waals surface area contributed by atoms with Crippen molar-refractivity contribution in [2.45, 2.75) is 83.2 Å². The highest BCUT2D eigenvalue weighted by atomic mass is 16.6. The molecule has 1 amide bonds. The van der Waals surface area contributed by atoms with Gasteiger partial charge in [-0.3, -0.25) is 4.90 Å². The van der Waals surface area contributed by atoms with Crippen molar-refractivity contribution < 1.29 is 28.8 Å². The van der Waals surface area contributed by atoms with Gasteiger partial charge in [-0.2, -0.15) is 0 Å². The maximum absolute atomic E-state index is 14.5. The van der Waals surface area contributed by atoms with E-state index in [9.17, 15) is 9.90 Å². The van der Waals surface area contributed by atoms with E-state index in [2.05, 4.69) is 6.58 Å². The van der Waals surface area contributed by atoms with E-state index in [0.717, 1.165) is 27.8 Å². The Morgan fingerprint density at radius 1 is 0.618 bits per heavy atom. The summed E-state index contributed by atoms with van der Waals surface area (Å²) in [5.41, 5.74) is 3.82. The van der Waals surface area contributed by atoms with Crippen LogP contribution in [-0.2, 0) is 45.3 Å². The van der Waals surface area contributed by atoms with Gasteiger partial charge in [0.2, 0.25) is 0 Å². The van der Waals surface area contributed by atoms with Gasteiger partial charge in [-0.15, -0.1) is 6.58 Å². The average molecular weight is 740 g/mol. The molecule has 0 saturated carbocycles. The van der Waals surface area contributed by atoms with Crippen molar-refractivity contribution in [2.24, 2.45) is 0 Å². The summed E-state index contributed by atoms with van der Waals surface area (Å²) in [7, 11) is 0. The first-order valence-corrected chi connectivity index (χ1v) is 18.7. The number of benzene rings is 5. The molecular formula is C48H53NO6. The Hall–Kier alpha value is -5.31. The quantitative estimate of drug-likeness (QED) is 0.0851. The van der Waals surface area contributed by atoms with Crippen molar-refractivity contribution >= 4 is 12.2 Å². The Morgan fingerprint density at radius 2 is 1.02 bits per heavy atom. The molecule has 286 valence electrons. The van der Waals surface area contributed by atoms with Crippen molar-refractivity contribution in [1.82, 2.24) is 4.90 Å². The second-order valence-electron chi connectivity index (χ2n) is 14.4. The Morgan fingerprint density at radius 3 is 1.45 bits per heavy atom. The van der Waals surface area contributed by atoms with Gasteiger partial charge in [-0.1, -0.05) is 170 Å². The summed E-state index contributed by atoms with van der Waals surface area (Å²) in [5.74, 6) is 0. The van der Waals surface area contributed by atoms with E-state index < -0.39 is 42.2 Å². The number of carbonyl (C=O) groups is 1. The minimum Gasteiger partial charge on any atom is -0.444 e. The summed E-state index contributed by atoms with van der Waals surface area (Å²) in [5, 5.41) is 11.7. The van der Waals surface area contributed by atoms with Crippen LogP contribution in [-0.4, -0.2) is 52.2 Å². The van der Waals surface area contributed by atoms with Gasteiger partial charge in [-0.25, -0.2) is 4.79 Å². The minimum absolute atomic E-state index is 0.187. The molecule has 0 saturated heterocycles. The third-order valence-corrected chi connectivity index (χ3v) is 8.89. The number of nitrogens with zero attached hydrogens (tertiary/aromatic N) is 1. The Balaban J connectivity index is 1.69. The molecule has 0 aromatic heterocycles. The van der Waals surface area contributed by atoms with Gasteiger partial charge in [0.25, 0.3) is 0 Å². The first kappa shape index (κ1) is 40.9. The van der Waals surface area contributed by atoms with Crippen molar-refractivity contribution in [3.05, 3.63) is 198 Å². The second kappa shape index (κ2) is 21.0. The summed E-state index contributed by atoms with van der Waals surface area (Å²) in [6.45, 7) is 10.3. The van der Waals surface area contributed by atoms with Gasteiger partial charge >= 0.3 is 6.09 Å². The van der Waals surface area contributed by atoms with Crippen LogP contribution >= 0.6 is 0 Å². The molecule has 0 spiro atoms. The van der Waals surface area contributed by atoms with Gasteiger partial charge in [0.1, 0.15) is 30.0 Å². The average Bonchev–Trinajstić information content (AvgIpc) is 3.21. The van der Waals surface area contributed by atoms with E-state index >= 15 is 0 Å². The molecule has 0 heterocycles. The summed E-state index contributed by atoms with van der Waals surface area (Å²) in [6.07, 6.45) is 0.896. The van der Waals surface area contributed by atoms with Crippen LogP contribution in [0, 0.1) is 0 Å². The molecule has 5 rings (SSSR count). The Kier molecular flexibility index (Phi) is 15.6. The fraction of sp³-hybridized carbons (Fsp3) is 0.271. The Labute approximate surface area is 326 Å². The van der Waals surface area contributed by atoms with Crippen LogP contribution < -0.4 is 0 Å². The van der Waals surface area contributed by atoms with Crippen LogP contribution in [0.5, 0.6) is 0 Å². The molecule has 5 aromatic carbocycles. The first-order valence-electron chi connectivity index (χ1n) is 18.7. The van der Waals surface area contributed by atoms with Crippen LogP contribution in [0.2, 0.25) is 0 Å². The van der Waals surface area contributed by atoms with Crippen LogP contribution in [0.1, 0.15) is 48.6 Å². The smallest absolute Gasteiger partial charge is 0.411 e. The molecule has 0 aliphatic heterocycles. The predicted molar refractivity (Wildman–Crippen MR) is 219 cm³/mol. The van der Waals surface area contributed by atoms with Crippen LogP contribution in [0.3, 0.4) is 0 Å². The van der Waals surface area contributed by atoms with Crippen LogP contribution in [0.4, 0.5) is 4.79 Å². The van der Waals surface area contributed by atoms with Gasteiger partial charge in [0.05, 0.1) is 25.9 Å². The van der Waals surface area contributed by atoms with E-state index in [0.29, 0.717) is 0 Å². The monoisotopic (exact) mass is 739 g/mol. The molecule has 5 atom stereocenters. The molecule has 0 aliphatic rings.